The molecule has 1 aromatic carbocycles. The van der Waals surface area contributed by atoms with E-state index in [-0.39, 0.29) is 6.04 Å². The summed E-state index contributed by atoms with van der Waals surface area (Å²) in [7, 11) is 1.94. The summed E-state index contributed by atoms with van der Waals surface area (Å²) >= 11 is 5.26. The second-order valence-corrected chi connectivity index (χ2v) is 6.67. The first-order valence-electron chi connectivity index (χ1n) is 6.87. The number of benzene rings is 1. The van der Waals surface area contributed by atoms with Crippen LogP contribution in [0, 0.1) is 6.92 Å². The number of hydrogen-bond acceptors (Lipinski definition) is 5. The number of nitrogens with one attached hydrogen (secondary N) is 1. The Morgan fingerprint density at radius 1 is 1.33 bits per heavy atom. The Hall–Kier alpha value is -1.11. The summed E-state index contributed by atoms with van der Waals surface area (Å²) in [6.45, 7) is 3.38. The molecule has 1 N–H and O–H groups in total. The molecule has 0 bridgehead atoms. The first-order chi connectivity index (χ1) is 10.2. The third-order valence-electron chi connectivity index (χ3n) is 3.33. The van der Waals surface area contributed by atoms with Gasteiger partial charge in [-0.3, -0.25) is 0 Å². The molecule has 21 heavy (non-hydrogen) atoms. The van der Waals surface area contributed by atoms with Crippen LogP contribution in [-0.4, -0.2) is 25.2 Å². The van der Waals surface area contributed by atoms with Gasteiger partial charge in [-0.25, -0.2) is 4.98 Å². The van der Waals surface area contributed by atoms with Crippen LogP contribution in [-0.2, 0) is 0 Å². The zero-order chi connectivity index (χ0) is 14.8. The lowest BCUT2D eigenvalue weighted by atomic mass is 10.1. The molecule has 6 heteroatoms. The molecule has 0 aliphatic carbocycles. The van der Waals surface area contributed by atoms with Crippen LogP contribution >= 0.6 is 27.3 Å². The van der Waals surface area contributed by atoms with E-state index in [4.69, 9.17) is 9.47 Å². The van der Waals surface area contributed by atoms with E-state index in [0.29, 0.717) is 13.2 Å². The van der Waals surface area contributed by atoms with Gasteiger partial charge in [0.15, 0.2) is 11.5 Å². The van der Waals surface area contributed by atoms with Crippen molar-refractivity contribution in [1.82, 2.24) is 10.3 Å². The summed E-state index contributed by atoms with van der Waals surface area (Å²) in [6, 6.07) is 4.17. The number of hydrogen-bond donors (Lipinski definition) is 1. The maximum Gasteiger partial charge on any atom is 0.175 e. The fourth-order valence-corrected chi connectivity index (χ4v) is 3.86. The molecule has 2 aromatic rings. The maximum atomic E-state index is 5.81. The number of aromatic nitrogens is 1. The highest BCUT2D eigenvalue weighted by atomic mass is 79.9. The Morgan fingerprint density at radius 2 is 2.14 bits per heavy atom. The van der Waals surface area contributed by atoms with Gasteiger partial charge >= 0.3 is 0 Å². The van der Waals surface area contributed by atoms with E-state index in [0.717, 1.165) is 38.7 Å². The number of halogens is 1. The largest absolute Gasteiger partial charge is 0.490 e. The molecule has 0 saturated carbocycles. The predicted octanol–water partition coefficient (Wildman–Crippen LogP) is 3.68. The minimum Gasteiger partial charge on any atom is -0.490 e. The summed E-state index contributed by atoms with van der Waals surface area (Å²) in [5, 5.41) is 6.45. The number of fused-ring (bicyclic) bond motifs is 1. The van der Waals surface area contributed by atoms with E-state index >= 15 is 0 Å². The highest BCUT2D eigenvalue weighted by Crippen LogP contribution is 2.40. The third-order valence-corrected chi connectivity index (χ3v) is 4.95. The maximum absolute atomic E-state index is 5.81. The molecule has 1 atom stereocenters. The Kier molecular flexibility index (Phi) is 4.47. The average Bonchev–Trinajstić information content (AvgIpc) is 2.74. The SMILES string of the molecule is CNC(c1cc(Br)c2c(c1)OCCCO2)c1nc(C)cs1. The third kappa shape index (κ3) is 3.07. The van der Waals surface area contributed by atoms with E-state index in [1.165, 1.54) is 0 Å². The number of thiazole rings is 1. The first-order valence-corrected chi connectivity index (χ1v) is 8.54. The number of aryl methyl sites for hydroxylation is 1. The molecule has 0 saturated heterocycles. The van der Waals surface area contributed by atoms with Crippen LogP contribution in [0.3, 0.4) is 0 Å². The summed E-state index contributed by atoms with van der Waals surface area (Å²) < 4.78 is 12.5. The molecular formula is C15H17BrN2O2S. The lowest BCUT2D eigenvalue weighted by Gasteiger charge is -2.17. The fourth-order valence-electron chi connectivity index (χ4n) is 2.35. The zero-order valence-corrected chi connectivity index (χ0v) is 14.4. The van der Waals surface area contributed by atoms with E-state index in [2.05, 4.69) is 37.7 Å². The van der Waals surface area contributed by atoms with Crippen molar-refractivity contribution in [3.05, 3.63) is 38.3 Å². The van der Waals surface area contributed by atoms with Crippen LogP contribution in [0.2, 0.25) is 0 Å². The Bertz CT molecular complexity index is 645. The highest BCUT2D eigenvalue weighted by Gasteiger charge is 2.21. The van der Waals surface area contributed by atoms with Gasteiger partial charge in [0.05, 0.1) is 23.7 Å². The van der Waals surface area contributed by atoms with Crippen molar-refractivity contribution in [2.45, 2.75) is 19.4 Å². The number of ether oxygens (including phenoxy) is 2. The lowest BCUT2D eigenvalue weighted by molar-refractivity contribution is 0.296. The summed E-state index contributed by atoms with van der Waals surface area (Å²) in [6.07, 6.45) is 0.900. The van der Waals surface area contributed by atoms with Crippen LogP contribution in [0.5, 0.6) is 11.5 Å². The van der Waals surface area contributed by atoms with E-state index < -0.39 is 0 Å². The Morgan fingerprint density at radius 3 is 2.86 bits per heavy atom. The van der Waals surface area contributed by atoms with Crippen molar-refractivity contribution in [3.63, 3.8) is 0 Å². The van der Waals surface area contributed by atoms with Gasteiger partial charge in [0, 0.05) is 17.5 Å². The summed E-state index contributed by atoms with van der Waals surface area (Å²) in [4.78, 5) is 4.59. The van der Waals surface area contributed by atoms with Gasteiger partial charge in [-0.2, -0.15) is 0 Å². The molecule has 0 spiro atoms. The first kappa shape index (κ1) is 14.8. The lowest BCUT2D eigenvalue weighted by Crippen LogP contribution is -2.17. The van der Waals surface area contributed by atoms with Crippen LogP contribution in [0.4, 0.5) is 0 Å². The fraction of sp³-hybridized carbons (Fsp3) is 0.400. The van der Waals surface area contributed by atoms with Crippen LogP contribution in [0.1, 0.15) is 28.7 Å². The molecule has 4 nitrogen and oxygen atoms in total. The number of nitrogens with zero attached hydrogens (tertiary/aromatic N) is 1. The molecule has 0 radical (unpaired) electrons. The monoisotopic (exact) mass is 368 g/mol. The second kappa shape index (κ2) is 6.34. The smallest absolute Gasteiger partial charge is 0.175 e. The second-order valence-electron chi connectivity index (χ2n) is 4.93. The summed E-state index contributed by atoms with van der Waals surface area (Å²) in [5.74, 6) is 1.59. The minimum atomic E-state index is 0.0529. The van der Waals surface area contributed by atoms with Crippen molar-refractivity contribution in [2.75, 3.05) is 20.3 Å². The molecule has 1 aromatic heterocycles. The Balaban J connectivity index is 2.01. The molecule has 1 aliphatic heterocycles. The van der Waals surface area contributed by atoms with Crippen LogP contribution < -0.4 is 14.8 Å². The normalized spacial score (nSPS) is 15.6. The zero-order valence-electron chi connectivity index (χ0n) is 12.0. The average molecular weight is 369 g/mol. The molecule has 112 valence electrons. The van der Waals surface area contributed by atoms with Crippen molar-refractivity contribution >= 4 is 27.3 Å². The van der Waals surface area contributed by atoms with Crippen LogP contribution in [0.15, 0.2) is 22.0 Å². The van der Waals surface area contributed by atoms with Gasteiger partial charge < -0.3 is 14.8 Å². The minimum absolute atomic E-state index is 0.0529. The highest BCUT2D eigenvalue weighted by molar-refractivity contribution is 9.10. The quantitative estimate of drug-likeness (QED) is 0.896. The van der Waals surface area contributed by atoms with Gasteiger partial charge in [0.2, 0.25) is 0 Å². The molecule has 1 aliphatic rings. The van der Waals surface area contributed by atoms with Crippen molar-refractivity contribution in [2.24, 2.45) is 0 Å². The van der Waals surface area contributed by atoms with Gasteiger partial charge in [-0.1, -0.05) is 0 Å². The van der Waals surface area contributed by atoms with Gasteiger partial charge in [-0.15, -0.1) is 11.3 Å². The summed E-state index contributed by atoms with van der Waals surface area (Å²) in [5.41, 5.74) is 2.16. The van der Waals surface area contributed by atoms with Gasteiger partial charge in [0.1, 0.15) is 5.01 Å². The Labute approximate surface area is 136 Å². The van der Waals surface area contributed by atoms with E-state index in [9.17, 15) is 0 Å². The molecule has 2 heterocycles. The standard InChI is InChI=1S/C15H17BrN2O2S/c1-9-8-21-15(18-9)13(17-2)10-6-11(16)14-12(7-10)19-4-3-5-20-14/h6-8,13,17H,3-5H2,1-2H3. The van der Waals surface area contributed by atoms with Gasteiger partial charge in [0.25, 0.3) is 0 Å². The predicted molar refractivity (Wildman–Crippen MR) is 87.5 cm³/mol. The molecule has 0 amide bonds. The molecule has 1 unspecified atom stereocenters. The van der Waals surface area contributed by atoms with E-state index in [1.807, 2.05) is 20.0 Å². The van der Waals surface area contributed by atoms with Crippen LogP contribution in [0.25, 0.3) is 0 Å². The number of rotatable bonds is 3. The topological polar surface area (TPSA) is 43.4 Å². The van der Waals surface area contributed by atoms with Crippen molar-refractivity contribution in [1.29, 1.82) is 0 Å². The van der Waals surface area contributed by atoms with Crippen molar-refractivity contribution in [3.8, 4) is 11.5 Å². The molecular weight excluding hydrogens is 352 g/mol. The molecule has 3 rings (SSSR count). The van der Waals surface area contributed by atoms with Crippen molar-refractivity contribution < 1.29 is 9.47 Å². The van der Waals surface area contributed by atoms with Gasteiger partial charge in [-0.05, 0) is 47.6 Å². The van der Waals surface area contributed by atoms with E-state index in [1.54, 1.807) is 11.3 Å². The molecule has 0 fully saturated rings.